The van der Waals surface area contributed by atoms with Crippen molar-refractivity contribution in [1.29, 1.82) is 0 Å². The third-order valence-corrected chi connectivity index (χ3v) is 4.52. The summed E-state index contributed by atoms with van der Waals surface area (Å²) in [5.41, 5.74) is 1.19. The highest BCUT2D eigenvalue weighted by molar-refractivity contribution is 5.48. The van der Waals surface area contributed by atoms with Gasteiger partial charge in [-0.3, -0.25) is 0 Å². The maximum atomic E-state index is 14.2. The third-order valence-electron chi connectivity index (χ3n) is 4.52. The van der Waals surface area contributed by atoms with Gasteiger partial charge >= 0.3 is 0 Å². The average molecular weight is 356 g/mol. The molecule has 1 fully saturated rings. The Bertz CT molecular complexity index is 770. The van der Waals surface area contributed by atoms with Gasteiger partial charge < -0.3 is 14.2 Å². The molecule has 2 aromatic rings. The zero-order chi connectivity index (χ0) is 18.6. The molecule has 4 heteroatoms. The Balaban J connectivity index is 1.72. The molecule has 1 heterocycles. The standard InChI is InChI=1S/C22H25FO3/c1-4-22(16-25-21(2,3)26-22)18-13-19(23)15-20(14-18)24-12-8-11-17-9-6-5-7-10-17/h5-11,13-15H,4,12,16H2,1-3H3. The molecule has 3 rings (SSSR count). The fraction of sp³-hybridized carbons (Fsp3) is 0.364. The number of ether oxygens (including phenoxy) is 3. The van der Waals surface area contributed by atoms with Crippen LogP contribution < -0.4 is 4.74 Å². The monoisotopic (exact) mass is 356 g/mol. The zero-order valence-electron chi connectivity index (χ0n) is 15.5. The summed E-state index contributed by atoms with van der Waals surface area (Å²) in [6, 6.07) is 14.7. The number of hydrogen-bond acceptors (Lipinski definition) is 3. The second-order valence-corrected chi connectivity index (χ2v) is 6.94. The van der Waals surface area contributed by atoms with E-state index in [0.29, 0.717) is 25.4 Å². The SMILES string of the molecule is CCC1(c2cc(F)cc(OCC=Cc3ccccc3)c2)COC(C)(C)O1. The molecule has 0 amide bonds. The summed E-state index contributed by atoms with van der Waals surface area (Å²) in [6.07, 6.45) is 4.57. The fourth-order valence-electron chi connectivity index (χ4n) is 3.14. The van der Waals surface area contributed by atoms with Gasteiger partial charge in [-0.05, 0) is 49.6 Å². The third kappa shape index (κ3) is 4.32. The van der Waals surface area contributed by atoms with Crippen LogP contribution in [0.15, 0.2) is 54.6 Å². The first kappa shape index (κ1) is 18.6. The van der Waals surface area contributed by atoms with Crippen LogP contribution in [0.2, 0.25) is 0 Å². The van der Waals surface area contributed by atoms with Crippen molar-refractivity contribution in [2.24, 2.45) is 0 Å². The van der Waals surface area contributed by atoms with Gasteiger partial charge in [0.1, 0.15) is 23.8 Å². The van der Waals surface area contributed by atoms with Gasteiger partial charge in [0.15, 0.2) is 5.79 Å². The number of benzene rings is 2. The molecule has 0 bridgehead atoms. The van der Waals surface area contributed by atoms with E-state index in [9.17, 15) is 4.39 Å². The van der Waals surface area contributed by atoms with E-state index in [1.807, 2.05) is 69.3 Å². The number of halogens is 1. The van der Waals surface area contributed by atoms with E-state index >= 15 is 0 Å². The van der Waals surface area contributed by atoms with E-state index in [1.165, 1.54) is 12.1 Å². The lowest BCUT2D eigenvalue weighted by Gasteiger charge is -2.29. The molecule has 1 aliphatic rings. The summed E-state index contributed by atoms with van der Waals surface area (Å²) in [5.74, 6) is -0.536. The van der Waals surface area contributed by atoms with Gasteiger partial charge in [0.2, 0.25) is 0 Å². The highest BCUT2D eigenvalue weighted by Crippen LogP contribution is 2.42. The van der Waals surface area contributed by atoms with Crippen molar-refractivity contribution in [2.75, 3.05) is 13.2 Å². The van der Waals surface area contributed by atoms with Crippen LogP contribution in [0.1, 0.15) is 38.3 Å². The van der Waals surface area contributed by atoms with Crippen molar-refractivity contribution in [3.05, 3.63) is 71.6 Å². The average Bonchev–Trinajstić information content (AvgIpc) is 2.96. The van der Waals surface area contributed by atoms with Gasteiger partial charge in [0.25, 0.3) is 0 Å². The Hall–Kier alpha value is -2.17. The van der Waals surface area contributed by atoms with Gasteiger partial charge in [0, 0.05) is 6.07 Å². The Labute approximate surface area is 154 Å². The molecule has 2 aromatic carbocycles. The predicted molar refractivity (Wildman–Crippen MR) is 100 cm³/mol. The van der Waals surface area contributed by atoms with E-state index in [4.69, 9.17) is 14.2 Å². The highest BCUT2D eigenvalue weighted by Gasteiger charge is 2.45. The zero-order valence-corrected chi connectivity index (χ0v) is 15.5. The molecular formula is C22H25FO3. The Morgan fingerprint density at radius 1 is 1.15 bits per heavy atom. The molecule has 0 N–H and O–H groups in total. The normalized spacial score (nSPS) is 22.0. The molecule has 1 saturated heterocycles. The lowest BCUT2D eigenvalue weighted by Crippen LogP contribution is -2.31. The van der Waals surface area contributed by atoms with Crippen molar-refractivity contribution in [2.45, 2.75) is 38.6 Å². The molecule has 138 valence electrons. The predicted octanol–water partition coefficient (Wildman–Crippen LogP) is 5.31. The Morgan fingerprint density at radius 3 is 2.58 bits per heavy atom. The molecular weight excluding hydrogens is 331 g/mol. The van der Waals surface area contributed by atoms with Gasteiger partial charge in [-0.2, -0.15) is 0 Å². The molecule has 1 atom stereocenters. The Morgan fingerprint density at radius 2 is 1.92 bits per heavy atom. The van der Waals surface area contributed by atoms with Crippen LogP contribution in [0.3, 0.4) is 0 Å². The summed E-state index contributed by atoms with van der Waals surface area (Å²) >= 11 is 0. The second kappa shape index (κ2) is 7.60. The minimum Gasteiger partial charge on any atom is -0.489 e. The van der Waals surface area contributed by atoms with Crippen molar-refractivity contribution in [3.63, 3.8) is 0 Å². The van der Waals surface area contributed by atoms with Crippen molar-refractivity contribution >= 4 is 6.08 Å². The molecule has 0 spiro atoms. The van der Waals surface area contributed by atoms with Crippen LogP contribution in [0, 0.1) is 5.82 Å². The summed E-state index contributed by atoms with van der Waals surface area (Å²) in [6.45, 7) is 6.51. The smallest absolute Gasteiger partial charge is 0.164 e. The van der Waals surface area contributed by atoms with Crippen molar-refractivity contribution in [1.82, 2.24) is 0 Å². The van der Waals surface area contributed by atoms with Crippen molar-refractivity contribution in [3.8, 4) is 5.75 Å². The van der Waals surface area contributed by atoms with E-state index in [-0.39, 0.29) is 5.82 Å². The quantitative estimate of drug-likeness (QED) is 0.702. The van der Waals surface area contributed by atoms with Crippen LogP contribution in [0.25, 0.3) is 6.08 Å². The summed E-state index contributed by atoms with van der Waals surface area (Å²) in [7, 11) is 0. The first-order valence-corrected chi connectivity index (χ1v) is 8.92. The second-order valence-electron chi connectivity index (χ2n) is 6.94. The lowest BCUT2D eigenvalue weighted by molar-refractivity contribution is -0.164. The highest BCUT2D eigenvalue weighted by atomic mass is 19.1. The van der Waals surface area contributed by atoms with E-state index in [0.717, 1.165) is 11.1 Å². The molecule has 0 radical (unpaired) electrons. The Kier molecular flexibility index (Phi) is 5.44. The largest absolute Gasteiger partial charge is 0.489 e. The first-order valence-electron chi connectivity index (χ1n) is 8.92. The summed E-state index contributed by atoms with van der Waals surface area (Å²) < 4.78 is 31.7. The minimum absolute atomic E-state index is 0.342. The number of hydrogen-bond donors (Lipinski definition) is 0. The summed E-state index contributed by atoms with van der Waals surface area (Å²) in [4.78, 5) is 0. The summed E-state index contributed by atoms with van der Waals surface area (Å²) in [5, 5.41) is 0. The molecule has 0 aliphatic carbocycles. The molecule has 0 aromatic heterocycles. The van der Waals surface area contributed by atoms with Crippen molar-refractivity contribution < 1.29 is 18.6 Å². The van der Waals surface area contributed by atoms with Crippen LogP contribution in [-0.2, 0) is 15.1 Å². The van der Waals surface area contributed by atoms with Crippen LogP contribution in [0.5, 0.6) is 5.75 Å². The van der Waals surface area contributed by atoms with Gasteiger partial charge in [-0.25, -0.2) is 4.39 Å². The first-order chi connectivity index (χ1) is 12.4. The van der Waals surface area contributed by atoms with E-state index < -0.39 is 11.4 Å². The van der Waals surface area contributed by atoms with Gasteiger partial charge in [-0.15, -0.1) is 0 Å². The maximum absolute atomic E-state index is 14.2. The van der Waals surface area contributed by atoms with E-state index in [1.54, 1.807) is 0 Å². The molecule has 1 aliphatic heterocycles. The van der Waals surface area contributed by atoms with Gasteiger partial charge in [0.05, 0.1) is 6.61 Å². The minimum atomic E-state index is -0.679. The van der Waals surface area contributed by atoms with Crippen LogP contribution in [-0.4, -0.2) is 19.0 Å². The lowest BCUT2D eigenvalue weighted by atomic mass is 9.91. The van der Waals surface area contributed by atoms with Crippen LogP contribution >= 0.6 is 0 Å². The van der Waals surface area contributed by atoms with Gasteiger partial charge in [-0.1, -0.05) is 43.3 Å². The topological polar surface area (TPSA) is 27.7 Å². The molecule has 3 nitrogen and oxygen atoms in total. The fourth-order valence-corrected chi connectivity index (χ4v) is 3.14. The maximum Gasteiger partial charge on any atom is 0.164 e. The molecule has 0 saturated carbocycles. The molecule has 26 heavy (non-hydrogen) atoms. The number of rotatable bonds is 6. The van der Waals surface area contributed by atoms with Crippen LogP contribution in [0.4, 0.5) is 4.39 Å². The van der Waals surface area contributed by atoms with E-state index in [2.05, 4.69) is 0 Å². The molecule has 1 unspecified atom stereocenters.